The van der Waals surface area contributed by atoms with Gasteiger partial charge < -0.3 is 4.57 Å². The molecule has 2 aromatic heterocycles. The number of nitrogens with zero attached hydrogens (tertiary/aromatic N) is 4. The number of aromatic nitrogens is 4. The van der Waals surface area contributed by atoms with E-state index in [1.807, 2.05) is 41.8 Å². The van der Waals surface area contributed by atoms with E-state index < -0.39 is 0 Å². The van der Waals surface area contributed by atoms with Gasteiger partial charge in [0, 0.05) is 11.8 Å². The highest BCUT2D eigenvalue weighted by Gasteiger charge is 2.08. The summed E-state index contributed by atoms with van der Waals surface area (Å²) in [5.74, 6) is 0.573. The topological polar surface area (TPSA) is 52.2 Å². The molecule has 0 amide bonds. The maximum atomic E-state index is 11.7. The predicted molar refractivity (Wildman–Crippen MR) is 67.5 cm³/mol. The normalized spacial score (nSPS) is 10.9. The van der Waals surface area contributed by atoms with Crippen LogP contribution in [0.4, 0.5) is 0 Å². The molecule has 18 heavy (non-hydrogen) atoms. The van der Waals surface area contributed by atoms with E-state index in [1.54, 1.807) is 6.07 Å². The van der Waals surface area contributed by atoms with Gasteiger partial charge >= 0.3 is 0 Å². The van der Waals surface area contributed by atoms with Crippen LogP contribution in [-0.4, -0.2) is 19.2 Å². The summed E-state index contributed by atoms with van der Waals surface area (Å²) >= 11 is 0. The fourth-order valence-corrected chi connectivity index (χ4v) is 2.01. The molecule has 0 saturated heterocycles. The van der Waals surface area contributed by atoms with Crippen LogP contribution in [0.25, 0.3) is 5.78 Å². The average Bonchev–Trinajstić information content (AvgIpc) is 2.85. The zero-order chi connectivity index (χ0) is 12.5. The largest absolute Gasteiger partial charge is 0.310 e. The second-order valence-electron chi connectivity index (χ2n) is 4.17. The molecule has 0 bridgehead atoms. The Labute approximate surface area is 103 Å². The molecule has 2 heterocycles. The summed E-state index contributed by atoms with van der Waals surface area (Å²) in [7, 11) is 0. The van der Waals surface area contributed by atoms with Crippen LogP contribution < -0.4 is 5.56 Å². The summed E-state index contributed by atoms with van der Waals surface area (Å²) in [6.45, 7) is 2.58. The van der Waals surface area contributed by atoms with Crippen LogP contribution in [0.1, 0.15) is 11.3 Å². The van der Waals surface area contributed by atoms with Crippen LogP contribution in [0.2, 0.25) is 0 Å². The molecule has 5 nitrogen and oxygen atoms in total. The quantitative estimate of drug-likeness (QED) is 0.677. The molecule has 0 atom stereocenters. The van der Waals surface area contributed by atoms with Gasteiger partial charge in [-0.1, -0.05) is 30.3 Å². The molecule has 0 radical (unpaired) electrons. The molecule has 0 aliphatic rings. The number of hydrogen-bond acceptors (Lipinski definition) is 3. The fraction of sp³-hybridized carbons (Fsp3) is 0.154. The van der Waals surface area contributed by atoms with Crippen molar-refractivity contribution in [1.29, 1.82) is 0 Å². The first kappa shape index (κ1) is 10.7. The van der Waals surface area contributed by atoms with E-state index in [2.05, 4.69) is 10.1 Å². The summed E-state index contributed by atoms with van der Waals surface area (Å²) in [5.41, 5.74) is 1.89. The molecule has 0 aliphatic heterocycles. The minimum Gasteiger partial charge on any atom is -0.310 e. The lowest BCUT2D eigenvalue weighted by molar-refractivity contribution is 0.731. The third-order valence-electron chi connectivity index (χ3n) is 2.92. The van der Waals surface area contributed by atoms with Gasteiger partial charge in [-0.05, 0) is 12.5 Å². The van der Waals surface area contributed by atoms with Crippen molar-refractivity contribution in [3.05, 3.63) is 64.3 Å². The van der Waals surface area contributed by atoms with E-state index in [0.717, 1.165) is 11.3 Å². The smallest absolute Gasteiger partial charge is 0.275 e. The summed E-state index contributed by atoms with van der Waals surface area (Å²) in [6, 6.07) is 11.6. The molecule has 0 fully saturated rings. The molecule has 0 N–H and O–H groups in total. The van der Waals surface area contributed by atoms with Gasteiger partial charge in [0.25, 0.3) is 5.56 Å². The van der Waals surface area contributed by atoms with Crippen molar-refractivity contribution in [2.24, 2.45) is 0 Å². The summed E-state index contributed by atoms with van der Waals surface area (Å²) in [4.78, 5) is 15.9. The van der Waals surface area contributed by atoms with Gasteiger partial charge in [0.15, 0.2) is 0 Å². The maximum Gasteiger partial charge on any atom is 0.275 e. The highest BCUT2D eigenvalue weighted by atomic mass is 16.1. The highest BCUT2D eigenvalue weighted by Crippen LogP contribution is 2.07. The van der Waals surface area contributed by atoms with Crippen molar-refractivity contribution >= 4 is 5.78 Å². The van der Waals surface area contributed by atoms with Gasteiger partial charge in [0.2, 0.25) is 5.78 Å². The Bertz CT molecular complexity index is 743. The van der Waals surface area contributed by atoms with Gasteiger partial charge in [-0.25, -0.2) is 0 Å². The predicted octanol–water partition coefficient (Wildman–Crippen LogP) is 1.25. The molecule has 3 aromatic rings. The third kappa shape index (κ3) is 1.69. The van der Waals surface area contributed by atoms with Crippen molar-refractivity contribution in [2.75, 3.05) is 0 Å². The Kier molecular flexibility index (Phi) is 2.44. The first-order valence-corrected chi connectivity index (χ1v) is 5.70. The molecule has 3 rings (SSSR count). The van der Waals surface area contributed by atoms with Crippen LogP contribution in [-0.2, 0) is 6.54 Å². The number of hydrogen-bond donors (Lipinski definition) is 0. The summed E-state index contributed by atoms with van der Waals surface area (Å²) in [6.07, 6.45) is 1.40. The van der Waals surface area contributed by atoms with Gasteiger partial charge in [0.05, 0.1) is 6.54 Å². The van der Waals surface area contributed by atoms with Gasteiger partial charge in [-0.15, -0.1) is 0 Å². The Morgan fingerprint density at radius 2 is 2.00 bits per heavy atom. The molecule has 0 aliphatic carbocycles. The second kappa shape index (κ2) is 4.10. The second-order valence-corrected chi connectivity index (χ2v) is 4.17. The molecular formula is C13H12N4O. The van der Waals surface area contributed by atoms with E-state index in [4.69, 9.17) is 0 Å². The minimum absolute atomic E-state index is 0.149. The van der Waals surface area contributed by atoms with Gasteiger partial charge in [-0.3, -0.25) is 4.79 Å². The molecule has 1 aromatic carbocycles. The van der Waals surface area contributed by atoms with E-state index in [0.29, 0.717) is 12.3 Å². The Hall–Kier alpha value is -2.43. The Morgan fingerprint density at radius 1 is 1.22 bits per heavy atom. The molecule has 0 saturated carbocycles. The van der Waals surface area contributed by atoms with Crippen molar-refractivity contribution < 1.29 is 0 Å². The highest BCUT2D eigenvalue weighted by molar-refractivity contribution is 5.31. The van der Waals surface area contributed by atoms with Crippen LogP contribution in [0.5, 0.6) is 0 Å². The summed E-state index contributed by atoms with van der Waals surface area (Å²) < 4.78 is 3.29. The number of aryl methyl sites for hydroxylation is 1. The van der Waals surface area contributed by atoms with Crippen LogP contribution in [0.15, 0.2) is 47.5 Å². The van der Waals surface area contributed by atoms with Crippen molar-refractivity contribution in [2.45, 2.75) is 13.5 Å². The Morgan fingerprint density at radius 3 is 2.78 bits per heavy atom. The lowest BCUT2D eigenvalue weighted by atomic mass is 10.2. The van der Waals surface area contributed by atoms with E-state index in [9.17, 15) is 4.79 Å². The molecule has 0 unspecified atom stereocenters. The van der Waals surface area contributed by atoms with E-state index in [1.165, 1.54) is 10.8 Å². The SMILES string of the molecule is Cc1cc(=O)n2ncnc2n1Cc1ccccc1. The van der Waals surface area contributed by atoms with Crippen molar-refractivity contribution in [3.63, 3.8) is 0 Å². The molecular weight excluding hydrogens is 228 g/mol. The Balaban J connectivity index is 2.17. The molecule has 90 valence electrons. The first-order valence-electron chi connectivity index (χ1n) is 5.70. The van der Waals surface area contributed by atoms with E-state index >= 15 is 0 Å². The minimum atomic E-state index is -0.149. The molecule has 5 heteroatoms. The third-order valence-corrected chi connectivity index (χ3v) is 2.92. The number of rotatable bonds is 2. The fourth-order valence-electron chi connectivity index (χ4n) is 2.01. The van der Waals surface area contributed by atoms with Gasteiger partial charge in [-0.2, -0.15) is 14.6 Å². The van der Waals surface area contributed by atoms with Gasteiger partial charge in [0.1, 0.15) is 6.33 Å². The van der Waals surface area contributed by atoms with Crippen LogP contribution in [0, 0.1) is 6.92 Å². The lowest BCUT2D eigenvalue weighted by Gasteiger charge is -2.11. The van der Waals surface area contributed by atoms with Crippen LogP contribution >= 0.6 is 0 Å². The molecule has 0 spiro atoms. The van der Waals surface area contributed by atoms with Crippen molar-refractivity contribution in [3.8, 4) is 0 Å². The lowest BCUT2D eigenvalue weighted by Crippen LogP contribution is -2.20. The zero-order valence-electron chi connectivity index (χ0n) is 9.95. The maximum absolute atomic E-state index is 11.7. The first-order chi connectivity index (χ1) is 8.75. The zero-order valence-corrected chi connectivity index (χ0v) is 9.95. The van der Waals surface area contributed by atoms with E-state index in [-0.39, 0.29) is 5.56 Å². The number of fused-ring (bicyclic) bond motifs is 1. The number of benzene rings is 1. The average molecular weight is 240 g/mol. The summed E-state index contributed by atoms with van der Waals surface area (Å²) in [5, 5.41) is 3.93. The standard InChI is InChI=1S/C13H12N4O/c1-10-7-12(18)17-13(14-9-15-17)16(10)8-11-5-3-2-4-6-11/h2-7,9H,8H2,1H3. The monoisotopic (exact) mass is 240 g/mol. The van der Waals surface area contributed by atoms with Crippen LogP contribution in [0.3, 0.4) is 0 Å². The van der Waals surface area contributed by atoms with Crippen molar-refractivity contribution in [1.82, 2.24) is 19.2 Å².